The Balaban J connectivity index is 1.55. The lowest BCUT2D eigenvalue weighted by atomic mass is 10.1. The standard InChI is InChI=1S/C27H28N4OS/c1-4-21-10-12-23(13-11-21)26(32)28-17-25-29-30-27(31(25)24-14-8-19(2)9-15-24)33-18-22-7-5-6-20(3)16-22/h5-16H,4,17-18H2,1-3H3,(H,28,32). The molecule has 0 spiro atoms. The van der Waals surface area contributed by atoms with Gasteiger partial charge in [-0.05, 0) is 55.7 Å². The molecule has 1 amide bonds. The van der Waals surface area contributed by atoms with E-state index in [1.54, 1.807) is 11.8 Å². The number of amides is 1. The van der Waals surface area contributed by atoms with Gasteiger partial charge in [0.25, 0.3) is 5.91 Å². The van der Waals surface area contributed by atoms with Crippen molar-refractivity contribution in [2.75, 3.05) is 0 Å². The van der Waals surface area contributed by atoms with Crippen LogP contribution in [-0.4, -0.2) is 20.7 Å². The predicted octanol–water partition coefficient (Wildman–Crippen LogP) is 5.67. The SMILES string of the molecule is CCc1ccc(C(=O)NCc2nnc(SCc3cccc(C)c3)n2-c2ccc(C)cc2)cc1. The summed E-state index contributed by atoms with van der Waals surface area (Å²) < 4.78 is 2.03. The lowest BCUT2D eigenvalue weighted by Crippen LogP contribution is -2.24. The second-order valence-electron chi connectivity index (χ2n) is 8.08. The fourth-order valence-electron chi connectivity index (χ4n) is 3.56. The Morgan fingerprint density at radius 2 is 1.67 bits per heavy atom. The van der Waals surface area contributed by atoms with Gasteiger partial charge in [-0.1, -0.05) is 78.3 Å². The van der Waals surface area contributed by atoms with Gasteiger partial charge in [0.2, 0.25) is 0 Å². The number of nitrogens with zero attached hydrogens (tertiary/aromatic N) is 3. The van der Waals surface area contributed by atoms with Crippen molar-refractivity contribution in [1.29, 1.82) is 0 Å². The summed E-state index contributed by atoms with van der Waals surface area (Å²) in [5, 5.41) is 12.7. The minimum Gasteiger partial charge on any atom is -0.345 e. The van der Waals surface area contributed by atoms with Gasteiger partial charge < -0.3 is 5.32 Å². The van der Waals surface area contributed by atoms with Crippen LogP contribution in [0.4, 0.5) is 0 Å². The molecule has 1 N–H and O–H groups in total. The summed E-state index contributed by atoms with van der Waals surface area (Å²) in [6.07, 6.45) is 0.949. The fraction of sp³-hybridized carbons (Fsp3) is 0.222. The zero-order valence-corrected chi connectivity index (χ0v) is 20.0. The van der Waals surface area contributed by atoms with Crippen LogP contribution in [0.3, 0.4) is 0 Å². The number of rotatable bonds is 8. The Labute approximate surface area is 199 Å². The lowest BCUT2D eigenvalue weighted by Gasteiger charge is -2.12. The minimum absolute atomic E-state index is 0.120. The molecule has 0 aliphatic rings. The second-order valence-corrected chi connectivity index (χ2v) is 9.02. The first-order valence-corrected chi connectivity index (χ1v) is 12.1. The van der Waals surface area contributed by atoms with Crippen molar-refractivity contribution < 1.29 is 4.79 Å². The van der Waals surface area contributed by atoms with Crippen molar-refractivity contribution in [2.45, 2.75) is 44.6 Å². The van der Waals surface area contributed by atoms with Crippen molar-refractivity contribution in [3.63, 3.8) is 0 Å². The first-order chi connectivity index (χ1) is 16.0. The number of carbonyl (C=O) groups is 1. The van der Waals surface area contributed by atoms with Crippen LogP contribution in [0.15, 0.2) is 78.0 Å². The van der Waals surface area contributed by atoms with Crippen LogP contribution in [0, 0.1) is 13.8 Å². The summed E-state index contributed by atoms with van der Waals surface area (Å²) in [5.74, 6) is 1.37. The van der Waals surface area contributed by atoms with Crippen molar-refractivity contribution in [3.05, 3.63) is 106 Å². The van der Waals surface area contributed by atoms with Crippen LogP contribution in [0.5, 0.6) is 0 Å². The van der Waals surface area contributed by atoms with E-state index < -0.39 is 0 Å². The van der Waals surface area contributed by atoms with E-state index in [2.05, 4.69) is 84.8 Å². The van der Waals surface area contributed by atoms with Crippen LogP contribution in [0.1, 0.15) is 45.4 Å². The Morgan fingerprint density at radius 1 is 0.909 bits per heavy atom. The molecule has 1 aromatic heterocycles. The molecule has 0 fully saturated rings. The highest BCUT2D eigenvalue weighted by molar-refractivity contribution is 7.98. The second kappa shape index (κ2) is 10.5. The van der Waals surface area contributed by atoms with Gasteiger partial charge in [-0.25, -0.2) is 0 Å². The molecule has 0 bridgehead atoms. The number of aryl methyl sites for hydroxylation is 3. The van der Waals surface area contributed by atoms with Gasteiger partial charge in [0, 0.05) is 17.0 Å². The highest BCUT2D eigenvalue weighted by atomic mass is 32.2. The molecule has 6 heteroatoms. The molecular formula is C27H28N4OS. The molecule has 0 unspecified atom stereocenters. The highest BCUT2D eigenvalue weighted by Gasteiger charge is 2.16. The fourth-order valence-corrected chi connectivity index (χ4v) is 4.48. The first-order valence-electron chi connectivity index (χ1n) is 11.1. The van der Waals surface area contributed by atoms with Gasteiger partial charge in [-0.2, -0.15) is 0 Å². The van der Waals surface area contributed by atoms with Gasteiger partial charge >= 0.3 is 0 Å². The number of carbonyl (C=O) groups excluding carboxylic acids is 1. The van der Waals surface area contributed by atoms with E-state index in [0.717, 1.165) is 23.0 Å². The van der Waals surface area contributed by atoms with E-state index in [0.29, 0.717) is 17.9 Å². The van der Waals surface area contributed by atoms with Crippen LogP contribution in [0.25, 0.3) is 5.69 Å². The van der Waals surface area contributed by atoms with Gasteiger partial charge in [-0.3, -0.25) is 9.36 Å². The quantitative estimate of drug-likeness (QED) is 0.347. The molecule has 0 saturated heterocycles. The van der Waals surface area contributed by atoms with E-state index >= 15 is 0 Å². The van der Waals surface area contributed by atoms with Gasteiger partial charge in [0.15, 0.2) is 11.0 Å². The Hall–Kier alpha value is -3.38. The van der Waals surface area contributed by atoms with Gasteiger partial charge in [0.05, 0.1) is 6.54 Å². The molecule has 0 saturated carbocycles. The van der Waals surface area contributed by atoms with Crippen molar-refractivity contribution in [2.24, 2.45) is 0 Å². The largest absolute Gasteiger partial charge is 0.345 e. The van der Waals surface area contributed by atoms with Crippen LogP contribution in [-0.2, 0) is 18.7 Å². The Morgan fingerprint density at radius 3 is 2.36 bits per heavy atom. The molecule has 0 radical (unpaired) electrons. The van der Waals surface area contributed by atoms with Gasteiger partial charge in [-0.15, -0.1) is 10.2 Å². The maximum atomic E-state index is 12.7. The lowest BCUT2D eigenvalue weighted by molar-refractivity contribution is 0.0949. The number of aromatic nitrogens is 3. The average Bonchev–Trinajstić information content (AvgIpc) is 3.24. The number of nitrogens with one attached hydrogen (secondary N) is 1. The monoisotopic (exact) mass is 456 g/mol. The van der Waals surface area contributed by atoms with E-state index in [-0.39, 0.29) is 5.91 Å². The third-order valence-corrected chi connectivity index (χ3v) is 6.47. The Kier molecular flexibility index (Phi) is 7.25. The summed E-state index contributed by atoms with van der Waals surface area (Å²) in [6, 6.07) is 24.4. The molecular weight excluding hydrogens is 428 g/mol. The van der Waals surface area contributed by atoms with E-state index in [1.165, 1.54) is 22.3 Å². The molecule has 3 aromatic carbocycles. The zero-order valence-electron chi connectivity index (χ0n) is 19.2. The van der Waals surface area contributed by atoms with Crippen LogP contribution in [0.2, 0.25) is 0 Å². The van der Waals surface area contributed by atoms with Crippen molar-refractivity contribution in [3.8, 4) is 5.69 Å². The number of benzene rings is 3. The van der Waals surface area contributed by atoms with Crippen LogP contribution < -0.4 is 5.32 Å². The number of hydrogen-bond donors (Lipinski definition) is 1. The van der Waals surface area contributed by atoms with Crippen LogP contribution >= 0.6 is 11.8 Å². The minimum atomic E-state index is -0.120. The third-order valence-electron chi connectivity index (χ3n) is 5.47. The Bertz CT molecular complexity index is 1230. The van der Waals surface area contributed by atoms with Crippen molar-refractivity contribution in [1.82, 2.24) is 20.1 Å². The number of hydrogen-bond acceptors (Lipinski definition) is 4. The molecule has 33 heavy (non-hydrogen) atoms. The predicted molar refractivity (Wildman–Crippen MR) is 134 cm³/mol. The summed E-state index contributed by atoms with van der Waals surface area (Å²) in [5.41, 5.74) is 6.50. The first kappa shape index (κ1) is 22.8. The normalized spacial score (nSPS) is 10.9. The van der Waals surface area contributed by atoms with E-state index in [9.17, 15) is 4.79 Å². The molecule has 0 aliphatic carbocycles. The molecule has 168 valence electrons. The van der Waals surface area contributed by atoms with Gasteiger partial charge in [0.1, 0.15) is 0 Å². The zero-order chi connectivity index (χ0) is 23.2. The summed E-state index contributed by atoms with van der Waals surface area (Å²) in [6.45, 7) is 6.55. The maximum absolute atomic E-state index is 12.7. The highest BCUT2D eigenvalue weighted by Crippen LogP contribution is 2.26. The summed E-state index contributed by atoms with van der Waals surface area (Å²) in [7, 11) is 0. The van der Waals surface area contributed by atoms with E-state index in [4.69, 9.17) is 0 Å². The molecule has 1 heterocycles. The molecule has 4 rings (SSSR count). The average molecular weight is 457 g/mol. The smallest absolute Gasteiger partial charge is 0.251 e. The third kappa shape index (κ3) is 5.71. The molecule has 4 aromatic rings. The summed E-state index contributed by atoms with van der Waals surface area (Å²) >= 11 is 1.64. The summed E-state index contributed by atoms with van der Waals surface area (Å²) in [4.78, 5) is 12.7. The molecule has 0 aliphatic heterocycles. The van der Waals surface area contributed by atoms with E-state index in [1.807, 2.05) is 28.8 Å². The number of thioether (sulfide) groups is 1. The molecule has 0 atom stereocenters. The topological polar surface area (TPSA) is 59.8 Å². The molecule has 5 nitrogen and oxygen atoms in total. The maximum Gasteiger partial charge on any atom is 0.251 e. The van der Waals surface area contributed by atoms with Crippen molar-refractivity contribution >= 4 is 17.7 Å².